The Morgan fingerprint density at radius 1 is 0.963 bits per heavy atom. The molecule has 1 saturated heterocycles. The van der Waals surface area contributed by atoms with E-state index in [1.54, 1.807) is 13.0 Å². The van der Waals surface area contributed by atoms with Crippen LogP contribution in [0.4, 0.5) is 0 Å². The van der Waals surface area contributed by atoms with E-state index in [2.05, 4.69) is 0 Å². The molecule has 7 nitrogen and oxygen atoms in total. The van der Waals surface area contributed by atoms with Gasteiger partial charge in [0.1, 0.15) is 11.3 Å². The number of amides is 1. The Hall–Kier alpha value is -2.44. The molecule has 150 valence electrons. The maximum Gasteiger partial charge on any atom is 0.342 e. The Morgan fingerprint density at radius 3 is 2.00 bits per heavy atom. The van der Waals surface area contributed by atoms with Crippen molar-refractivity contribution in [2.75, 3.05) is 21.3 Å². The number of likely N-dealkylation sites (tertiary alicyclic amines) is 1. The van der Waals surface area contributed by atoms with Crippen molar-refractivity contribution in [3.05, 3.63) is 17.7 Å². The molecule has 1 aliphatic heterocycles. The molecule has 0 bridgehead atoms. The highest BCUT2D eigenvalue weighted by atomic mass is 16.6. The lowest BCUT2D eigenvalue weighted by atomic mass is 9.97. The van der Waals surface area contributed by atoms with Crippen molar-refractivity contribution in [1.82, 2.24) is 4.90 Å². The van der Waals surface area contributed by atoms with Crippen molar-refractivity contribution in [3.63, 3.8) is 0 Å². The number of rotatable bonds is 6. The maximum absolute atomic E-state index is 12.8. The molecule has 1 amide bonds. The predicted molar refractivity (Wildman–Crippen MR) is 101 cm³/mol. The van der Waals surface area contributed by atoms with Crippen LogP contribution in [0.3, 0.4) is 0 Å². The van der Waals surface area contributed by atoms with Gasteiger partial charge in [-0.05, 0) is 40.0 Å². The molecule has 0 spiro atoms. The van der Waals surface area contributed by atoms with Crippen molar-refractivity contribution < 1.29 is 28.5 Å². The molecule has 0 unspecified atom stereocenters. The Labute approximate surface area is 160 Å². The van der Waals surface area contributed by atoms with Crippen LogP contribution in [0.2, 0.25) is 0 Å². The molecule has 2 rings (SSSR count). The predicted octanol–water partition coefficient (Wildman–Crippen LogP) is 3.05. The van der Waals surface area contributed by atoms with E-state index in [0.29, 0.717) is 11.5 Å². The van der Waals surface area contributed by atoms with Gasteiger partial charge in [0.05, 0.1) is 21.3 Å². The number of nitrogens with zero attached hydrogens (tertiary/aromatic N) is 1. The number of carbonyl (C=O) groups is 2. The number of methoxy groups -OCH3 is 3. The van der Waals surface area contributed by atoms with Gasteiger partial charge in [0.25, 0.3) is 5.91 Å². The van der Waals surface area contributed by atoms with Gasteiger partial charge in [-0.3, -0.25) is 4.79 Å². The van der Waals surface area contributed by atoms with Crippen LogP contribution in [-0.2, 0) is 9.53 Å². The Balaban J connectivity index is 2.19. The summed E-state index contributed by atoms with van der Waals surface area (Å²) in [5, 5.41) is 0. The summed E-state index contributed by atoms with van der Waals surface area (Å²) in [6, 6.07) is 3.32. The van der Waals surface area contributed by atoms with Crippen LogP contribution in [0.15, 0.2) is 12.1 Å². The average Bonchev–Trinajstić information content (AvgIpc) is 2.66. The summed E-state index contributed by atoms with van der Waals surface area (Å²) in [6.45, 7) is 5.65. The molecule has 7 heteroatoms. The van der Waals surface area contributed by atoms with Crippen LogP contribution in [0, 0.1) is 0 Å². The molecule has 1 heterocycles. The van der Waals surface area contributed by atoms with Crippen LogP contribution in [0.1, 0.15) is 50.4 Å². The molecule has 27 heavy (non-hydrogen) atoms. The standard InChI is InChI=1S/C20H29NO6/c1-12-8-7-9-13(2)21(12)19(22)14(3)27-20(23)15-10-17(25-5)18(26-6)11-16(15)24-4/h10-14H,7-9H2,1-6H3/t12-,13+,14-/m1/s1. The second-order valence-electron chi connectivity index (χ2n) is 6.83. The zero-order valence-corrected chi connectivity index (χ0v) is 16.9. The summed E-state index contributed by atoms with van der Waals surface area (Å²) in [5.41, 5.74) is 0.176. The first-order chi connectivity index (χ1) is 12.8. The molecule has 1 aliphatic rings. The number of benzene rings is 1. The van der Waals surface area contributed by atoms with E-state index < -0.39 is 12.1 Å². The third-order valence-electron chi connectivity index (χ3n) is 5.01. The molecule has 0 radical (unpaired) electrons. The second-order valence-corrected chi connectivity index (χ2v) is 6.83. The summed E-state index contributed by atoms with van der Waals surface area (Å²) >= 11 is 0. The third kappa shape index (κ3) is 4.46. The minimum atomic E-state index is -0.890. The summed E-state index contributed by atoms with van der Waals surface area (Å²) in [7, 11) is 4.42. The summed E-state index contributed by atoms with van der Waals surface area (Å²) in [5.74, 6) is 0.277. The van der Waals surface area contributed by atoms with Gasteiger partial charge in [0, 0.05) is 24.2 Å². The molecule has 1 aromatic carbocycles. The van der Waals surface area contributed by atoms with E-state index in [9.17, 15) is 9.59 Å². The fourth-order valence-electron chi connectivity index (χ4n) is 3.53. The highest BCUT2D eigenvalue weighted by Crippen LogP contribution is 2.35. The first kappa shape index (κ1) is 20.9. The summed E-state index contributed by atoms with van der Waals surface area (Å²) in [4.78, 5) is 27.3. The van der Waals surface area contributed by atoms with Crippen LogP contribution < -0.4 is 14.2 Å². The highest BCUT2D eigenvalue weighted by Gasteiger charge is 2.33. The lowest BCUT2D eigenvalue weighted by Crippen LogP contribution is -2.51. The topological polar surface area (TPSA) is 74.3 Å². The summed E-state index contributed by atoms with van der Waals surface area (Å²) < 4.78 is 21.2. The number of esters is 1. The molecule has 3 atom stereocenters. The van der Waals surface area contributed by atoms with Gasteiger partial charge in [0.2, 0.25) is 0 Å². The second kappa shape index (κ2) is 8.97. The minimum Gasteiger partial charge on any atom is -0.496 e. The van der Waals surface area contributed by atoms with Gasteiger partial charge in [-0.1, -0.05) is 0 Å². The van der Waals surface area contributed by atoms with Gasteiger partial charge in [-0.25, -0.2) is 4.79 Å². The Morgan fingerprint density at radius 2 is 1.48 bits per heavy atom. The molecule has 0 N–H and O–H groups in total. The third-order valence-corrected chi connectivity index (χ3v) is 5.01. The quantitative estimate of drug-likeness (QED) is 0.707. The Kier molecular flexibility index (Phi) is 6.93. The molecular weight excluding hydrogens is 350 g/mol. The number of ether oxygens (including phenoxy) is 4. The van der Waals surface area contributed by atoms with Crippen molar-refractivity contribution in [1.29, 1.82) is 0 Å². The van der Waals surface area contributed by atoms with E-state index in [1.807, 2.05) is 18.7 Å². The fraction of sp³-hybridized carbons (Fsp3) is 0.600. The first-order valence-corrected chi connectivity index (χ1v) is 9.17. The number of hydrogen-bond acceptors (Lipinski definition) is 6. The van der Waals surface area contributed by atoms with E-state index in [4.69, 9.17) is 18.9 Å². The molecule has 0 aromatic heterocycles. The van der Waals surface area contributed by atoms with E-state index in [0.717, 1.165) is 19.3 Å². The van der Waals surface area contributed by atoms with Crippen molar-refractivity contribution in [3.8, 4) is 17.2 Å². The monoisotopic (exact) mass is 379 g/mol. The number of hydrogen-bond donors (Lipinski definition) is 0. The lowest BCUT2D eigenvalue weighted by molar-refractivity contribution is -0.146. The molecular formula is C20H29NO6. The van der Waals surface area contributed by atoms with Crippen LogP contribution in [0.5, 0.6) is 17.2 Å². The number of piperidine rings is 1. The van der Waals surface area contributed by atoms with Crippen molar-refractivity contribution in [2.45, 2.75) is 58.2 Å². The van der Waals surface area contributed by atoms with E-state index >= 15 is 0 Å². The normalized spacial score (nSPS) is 20.6. The molecule has 0 saturated carbocycles. The average molecular weight is 379 g/mol. The smallest absolute Gasteiger partial charge is 0.342 e. The zero-order valence-electron chi connectivity index (χ0n) is 16.9. The fourth-order valence-corrected chi connectivity index (χ4v) is 3.53. The zero-order chi connectivity index (χ0) is 20.1. The highest BCUT2D eigenvalue weighted by molar-refractivity contribution is 5.95. The Bertz CT molecular complexity index is 679. The van der Waals surface area contributed by atoms with E-state index in [-0.39, 0.29) is 29.3 Å². The van der Waals surface area contributed by atoms with Gasteiger partial charge < -0.3 is 23.8 Å². The van der Waals surface area contributed by atoms with Crippen LogP contribution in [0.25, 0.3) is 0 Å². The first-order valence-electron chi connectivity index (χ1n) is 9.17. The minimum absolute atomic E-state index is 0.137. The van der Waals surface area contributed by atoms with Crippen LogP contribution in [-0.4, -0.2) is 56.3 Å². The van der Waals surface area contributed by atoms with Gasteiger partial charge >= 0.3 is 5.97 Å². The van der Waals surface area contributed by atoms with Gasteiger partial charge in [0.15, 0.2) is 17.6 Å². The van der Waals surface area contributed by atoms with Gasteiger partial charge in [-0.15, -0.1) is 0 Å². The number of carbonyl (C=O) groups excluding carboxylic acids is 2. The lowest BCUT2D eigenvalue weighted by Gasteiger charge is -2.40. The summed E-state index contributed by atoms with van der Waals surface area (Å²) in [6.07, 6.45) is 2.13. The van der Waals surface area contributed by atoms with Gasteiger partial charge in [-0.2, -0.15) is 0 Å². The molecule has 1 aromatic rings. The van der Waals surface area contributed by atoms with Crippen molar-refractivity contribution >= 4 is 11.9 Å². The molecule has 1 fully saturated rings. The SMILES string of the molecule is COc1cc(OC)c(C(=O)O[C@H](C)C(=O)N2[C@H](C)CCC[C@@H]2C)cc1OC. The van der Waals surface area contributed by atoms with Crippen molar-refractivity contribution in [2.24, 2.45) is 0 Å². The van der Waals surface area contributed by atoms with E-state index in [1.165, 1.54) is 27.4 Å². The maximum atomic E-state index is 12.8. The molecule has 0 aliphatic carbocycles. The van der Waals surface area contributed by atoms with Crippen LogP contribution >= 0.6 is 0 Å². The largest absolute Gasteiger partial charge is 0.496 e.